The normalized spacial score (nSPS) is 10.6. The summed E-state index contributed by atoms with van der Waals surface area (Å²) >= 11 is 0. The highest BCUT2D eigenvalue weighted by Gasteiger charge is 2.03. The van der Waals surface area contributed by atoms with Crippen molar-refractivity contribution in [1.82, 2.24) is 5.32 Å². The molecule has 0 aliphatic heterocycles. The van der Waals surface area contributed by atoms with Gasteiger partial charge in [0, 0.05) is 19.4 Å². The molecule has 0 spiro atoms. The number of unbranched alkanes of at least 4 members (excludes halogenated alkanes) is 20. The molecule has 1 amide bonds. The Balaban J connectivity index is 0. The molecule has 0 bridgehead atoms. The summed E-state index contributed by atoms with van der Waals surface area (Å²) < 4.78 is 10.3. The molecule has 8 heteroatoms. The van der Waals surface area contributed by atoms with Crippen molar-refractivity contribution in [3.8, 4) is 0 Å². The zero-order chi connectivity index (χ0) is 32.1. The van der Waals surface area contributed by atoms with E-state index in [4.69, 9.17) is 9.47 Å². The highest BCUT2D eigenvalue weighted by atomic mass is 16.5. The second-order valence-electron chi connectivity index (χ2n) is 11.8. The number of carbonyl (C=O) groups is 3. The Kier molecular flexibility index (Phi) is 38.5. The standard InChI is InChI=1S/C18H35NO4.C17H35NO2/c1-2-3-4-5-6-7-8-9-10-11-14-17(20)23-16-13-12-15-19-18(21)22;1-2-3-4-5-6-7-8-9-10-11-14-17(19)20-16-13-12-15-18/h19H,2-16H2,1H3,(H,21,22);2-16,18H2,1H3. The Bertz CT molecular complexity index is 603. The topological polar surface area (TPSA) is 132 Å². The molecule has 0 aromatic rings. The van der Waals surface area contributed by atoms with E-state index in [0.717, 1.165) is 38.6 Å². The molecule has 0 atom stereocenters. The molecular weight excluding hydrogens is 544 g/mol. The van der Waals surface area contributed by atoms with Gasteiger partial charge in [-0.05, 0) is 38.5 Å². The van der Waals surface area contributed by atoms with Crippen LogP contribution in [0.2, 0.25) is 0 Å². The van der Waals surface area contributed by atoms with Gasteiger partial charge in [-0.2, -0.15) is 0 Å². The van der Waals surface area contributed by atoms with Crippen LogP contribution in [0.15, 0.2) is 0 Å². The number of esters is 2. The van der Waals surface area contributed by atoms with Crippen molar-refractivity contribution in [2.24, 2.45) is 0 Å². The van der Waals surface area contributed by atoms with E-state index in [9.17, 15) is 19.5 Å². The third kappa shape index (κ3) is 42.4. The summed E-state index contributed by atoms with van der Waals surface area (Å²) in [5.41, 5.74) is 3.77. The van der Waals surface area contributed by atoms with E-state index in [2.05, 4.69) is 24.9 Å². The van der Waals surface area contributed by atoms with Gasteiger partial charge >= 0.3 is 11.9 Å². The van der Waals surface area contributed by atoms with E-state index >= 15 is 0 Å². The maximum absolute atomic E-state index is 11.5. The third-order valence-corrected chi connectivity index (χ3v) is 7.48. The molecule has 0 aromatic carbocycles. The van der Waals surface area contributed by atoms with Gasteiger partial charge in [0.1, 0.15) is 6.09 Å². The van der Waals surface area contributed by atoms with Gasteiger partial charge in [-0.3, -0.25) is 9.59 Å². The zero-order valence-electron chi connectivity index (χ0n) is 28.4. The molecule has 0 heterocycles. The molecule has 0 aliphatic rings. The van der Waals surface area contributed by atoms with Gasteiger partial charge in [-0.15, -0.1) is 0 Å². The van der Waals surface area contributed by atoms with E-state index in [1.807, 2.05) is 0 Å². The fraction of sp³-hybridized carbons (Fsp3) is 0.914. The maximum Gasteiger partial charge on any atom is 0.305 e. The number of ether oxygens (including phenoxy) is 2. The van der Waals surface area contributed by atoms with Crippen LogP contribution in [0.1, 0.15) is 181 Å². The Morgan fingerprint density at radius 1 is 0.512 bits per heavy atom. The first-order valence-electron chi connectivity index (χ1n) is 18.0. The van der Waals surface area contributed by atoms with Crippen molar-refractivity contribution in [2.75, 3.05) is 26.3 Å². The monoisotopic (exact) mass is 615 g/mol. The van der Waals surface area contributed by atoms with Crippen LogP contribution < -0.4 is 16.2 Å². The predicted molar refractivity (Wildman–Crippen MR) is 174 cm³/mol. The molecule has 0 fully saturated rings. The molecule has 0 radical (unpaired) electrons. The average Bonchev–Trinajstić information content (AvgIpc) is 2.99. The fourth-order valence-electron chi connectivity index (χ4n) is 4.73. The van der Waals surface area contributed by atoms with Crippen LogP contribution in [-0.4, -0.2) is 44.3 Å². The largest absolute Gasteiger partial charge is 0.530 e. The molecule has 0 saturated heterocycles. The second kappa shape index (κ2) is 38.2. The van der Waals surface area contributed by atoms with Crippen LogP contribution >= 0.6 is 0 Å². The number of nitrogens with one attached hydrogen (secondary N) is 1. The van der Waals surface area contributed by atoms with Crippen molar-refractivity contribution < 1.29 is 34.7 Å². The number of rotatable bonds is 31. The van der Waals surface area contributed by atoms with E-state index in [0.29, 0.717) is 45.4 Å². The van der Waals surface area contributed by atoms with Crippen molar-refractivity contribution in [1.29, 1.82) is 0 Å². The van der Waals surface area contributed by atoms with Gasteiger partial charge in [0.15, 0.2) is 0 Å². The summed E-state index contributed by atoms with van der Waals surface area (Å²) in [6, 6.07) is 0. The van der Waals surface area contributed by atoms with Crippen molar-refractivity contribution in [3.05, 3.63) is 0 Å². The molecule has 0 aromatic heterocycles. The number of carboxylic acid groups (broad SMARTS) is 1. The van der Waals surface area contributed by atoms with Gasteiger partial charge in [0.2, 0.25) is 0 Å². The number of hydrogen-bond donors (Lipinski definition) is 2. The molecule has 4 N–H and O–H groups in total. The summed E-state index contributed by atoms with van der Waals surface area (Å²) in [7, 11) is 0. The van der Waals surface area contributed by atoms with E-state index < -0.39 is 6.09 Å². The van der Waals surface area contributed by atoms with Crippen LogP contribution in [0, 0.1) is 0 Å². The first-order chi connectivity index (χ1) is 21.0. The maximum atomic E-state index is 11.5. The SMILES string of the molecule is CCCCCCCCCCCCC(=O)OCCCCNC(=O)[O-].CCCCCCCCCCCCC(=O)OCCCC[NH3+]. The van der Waals surface area contributed by atoms with Crippen molar-refractivity contribution >= 4 is 18.0 Å². The summed E-state index contributed by atoms with van der Waals surface area (Å²) in [6.45, 7) is 6.71. The van der Waals surface area contributed by atoms with E-state index in [1.54, 1.807) is 0 Å². The Hall–Kier alpha value is -1.83. The first-order valence-corrected chi connectivity index (χ1v) is 18.0. The average molecular weight is 615 g/mol. The minimum atomic E-state index is -1.26. The molecule has 0 aliphatic carbocycles. The first kappa shape index (κ1) is 43.3. The summed E-state index contributed by atoms with van der Waals surface area (Å²) in [5.74, 6) is -0.161. The number of amides is 1. The third-order valence-electron chi connectivity index (χ3n) is 7.48. The van der Waals surface area contributed by atoms with Crippen LogP contribution in [0.3, 0.4) is 0 Å². The van der Waals surface area contributed by atoms with Gasteiger partial charge in [0.25, 0.3) is 0 Å². The lowest BCUT2D eigenvalue weighted by Crippen LogP contribution is -2.50. The zero-order valence-corrected chi connectivity index (χ0v) is 28.4. The lowest BCUT2D eigenvalue weighted by atomic mass is 10.1. The van der Waals surface area contributed by atoms with Crippen LogP contribution in [0.25, 0.3) is 0 Å². The van der Waals surface area contributed by atoms with Crippen LogP contribution in [0.5, 0.6) is 0 Å². The lowest BCUT2D eigenvalue weighted by Gasteiger charge is -2.07. The van der Waals surface area contributed by atoms with Crippen molar-refractivity contribution in [3.63, 3.8) is 0 Å². The Labute approximate surface area is 265 Å². The van der Waals surface area contributed by atoms with Crippen LogP contribution in [-0.2, 0) is 19.1 Å². The molecule has 0 unspecified atom stereocenters. The molecule has 256 valence electrons. The number of quaternary nitrogens is 1. The number of hydrogen-bond acceptors (Lipinski definition) is 6. The van der Waals surface area contributed by atoms with Crippen LogP contribution in [0.4, 0.5) is 4.79 Å². The highest BCUT2D eigenvalue weighted by Crippen LogP contribution is 2.12. The summed E-state index contributed by atoms with van der Waals surface area (Å²) in [4.78, 5) is 33.0. The van der Waals surface area contributed by atoms with Gasteiger partial charge < -0.3 is 30.4 Å². The van der Waals surface area contributed by atoms with Gasteiger partial charge in [-0.1, -0.05) is 129 Å². The van der Waals surface area contributed by atoms with Gasteiger partial charge in [-0.25, -0.2) is 0 Å². The fourth-order valence-corrected chi connectivity index (χ4v) is 4.73. The molecule has 8 nitrogen and oxygen atoms in total. The summed E-state index contributed by atoms with van der Waals surface area (Å²) in [6.07, 6.45) is 28.7. The minimum Gasteiger partial charge on any atom is -0.530 e. The molecule has 0 rings (SSSR count). The highest BCUT2D eigenvalue weighted by molar-refractivity contribution is 5.69. The predicted octanol–water partition coefficient (Wildman–Crippen LogP) is 7.42. The Morgan fingerprint density at radius 3 is 1.21 bits per heavy atom. The Morgan fingerprint density at radius 2 is 0.860 bits per heavy atom. The smallest absolute Gasteiger partial charge is 0.305 e. The lowest BCUT2D eigenvalue weighted by molar-refractivity contribution is -0.368. The quantitative estimate of drug-likeness (QED) is 0.0617. The van der Waals surface area contributed by atoms with E-state index in [1.165, 1.54) is 109 Å². The summed E-state index contributed by atoms with van der Waals surface area (Å²) in [5, 5.41) is 12.3. The minimum absolute atomic E-state index is 0.0198. The molecule has 0 saturated carbocycles. The molecule has 43 heavy (non-hydrogen) atoms. The number of carbonyl (C=O) groups excluding carboxylic acids is 3. The van der Waals surface area contributed by atoms with Gasteiger partial charge in [0.05, 0.1) is 19.8 Å². The van der Waals surface area contributed by atoms with E-state index in [-0.39, 0.29) is 11.9 Å². The second-order valence-corrected chi connectivity index (χ2v) is 11.8. The van der Waals surface area contributed by atoms with Crippen molar-refractivity contribution in [2.45, 2.75) is 181 Å². The molecular formula is C35H70N2O6.